The van der Waals surface area contributed by atoms with Gasteiger partial charge in [-0.05, 0) is 62.2 Å². The molecule has 0 N–H and O–H groups in total. The Hall–Kier alpha value is -4.88. The molecule has 1 aliphatic carbocycles. The third-order valence-electron chi connectivity index (χ3n) is 9.45. The van der Waals surface area contributed by atoms with Gasteiger partial charge in [-0.1, -0.05) is 142 Å². The molecule has 1 aromatic heterocycles. The summed E-state index contributed by atoms with van der Waals surface area (Å²) < 4.78 is 6.28. The Balaban J connectivity index is 1.06. The van der Waals surface area contributed by atoms with Crippen molar-refractivity contribution < 1.29 is 4.42 Å². The molecular formula is C41H32O. The number of rotatable bonds is 4. The molecule has 6 aromatic carbocycles. The molecule has 1 unspecified atom stereocenters. The molecule has 1 aliphatic rings. The van der Waals surface area contributed by atoms with Crippen molar-refractivity contribution in [1.29, 1.82) is 0 Å². The lowest BCUT2D eigenvalue weighted by Crippen LogP contribution is -2.14. The van der Waals surface area contributed by atoms with E-state index in [2.05, 4.69) is 142 Å². The molecule has 0 bridgehead atoms. The van der Waals surface area contributed by atoms with Crippen LogP contribution in [-0.4, -0.2) is 0 Å². The van der Waals surface area contributed by atoms with Crippen LogP contribution in [0.1, 0.15) is 48.9 Å². The monoisotopic (exact) mass is 540 g/mol. The molecular weight excluding hydrogens is 508 g/mol. The molecule has 0 aliphatic heterocycles. The summed E-state index contributed by atoms with van der Waals surface area (Å²) in [6.07, 6.45) is 0. The first-order chi connectivity index (χ1) is 20.5. The highest BCUT2D eigenvalue weighted by molar-refractivity contribution is 6.09. The van der Waals surface area contributed by atoms with Gasteiger partial charge in [0.2, 0.25) is 0 Å². The smallest absolute Gasteiger partial charge is 0.143 e. The van der Waals surface area contributed by atoms with E-state index < -0.39 is 0 Å². The van der Waals surface area contributed by atoms with E-state index in [0.29, 0.717) is 5.92 Å². The molecule has 7 aromatic rings. The number of para-hydroxylation sites is 2. The van der Waals surface area contributed by atoms with Crippen molar-refractivity contribution >= 4 is 21.9 Å². The predicted molar refractivity (Wildman–Crippen MR) is 176 cm³/mol. The van der Waals surface area contributed by atoms with Crippen molar-refractivity contribution in [3.63, 3.8) is 0 Å². The lowest BCUT2D eigenvalue weighted by atomic mass is 9.81. The van der Waals surface area contributed by atoms with Crippen molar-refractivity contribution in [2.45, 2.75) is 32.1 Å². The Morgan fingerprint density at radius 1 is 0.500 bits per heavy atom. The van der Waals surface area contributed by atoms with E-state index in [9.17, 15) is 0 Å². The summed E-state index contributed by atoms with van der Waals surface area (Å²) in [5, 5.41) is 2.33. The molecule has 0 amide bonds. The minimum atomic E-state index is 0.0124. The molecule has 1 atom stereocenters. The lowest BCUT2D eigenvalue weighted by Gasteiger charge is -2.22. The maximum Gasteiger partial charge on any atom is 0.143 e. The number of furan rings is 1. The fraction of sp³-hybridized carbons (Fsp3) is 0.122. The Bertz CT molecular complexity index is 2110. The molecule has 0 spiro atoms. The Kier molecular flexibility index (Phi) is 5.52. The van der Waals surface area contributed by atoms with E-state index in [1.165, 1.54) is 50.1 Å². The van der Waals surface area contributed by atoms with Crippen LogP contribution in [0.3, 0.4) is 0 Å². The van der Waals surface area contributed by atoms with Gasteiger partial charge in [-0.15, -0.1) is 0 Å². The van der Waals surface area contributed by atoms with E-state index in [-0.39, 0.29) is 5.41 Å². The van der Waals surface area contributed by atoms with Gasteiger partial charge < -0.3 is 4.42 Å². The van der Waals surface area contributed by atoms with Crippen LogP contribution in [0.5, 0.6) is 0 Å². The van der Waals surface area contributed by atoms with Gasteiger partial charge in [-0.3, -0.25) is 0 Å². The summed E-state index contributed by atoms with van der Waals surface area (Å²) >= 11 is 0. The molecule has 1 heterocycles. The van der Waals surface area contributed by atoms with Crippen LogP contribution in [0, 0.1) is 0 Å². The quantitative estimate of drug-likeness (QED) is 0.216. The fourth-order valence-electron chi connectivity index (χ4n) is 6.97. The van der Waals surface area contributed by atoms with Gasteiger partial charge in [0.15, 0.2) is 0 Å². The minimum absolute atomic E-state index is 0.0124. The molecule has 8 rings (SSSR count). The number of hydrogen-bond donors (Lipinski definition) is 0. The van der Waals surface area contributed by atoms with E-state index >= 15 is 0 Å². The van der Waals surface area contributed by atoms with E-state index in [0.717, 1.165) is 27.5 Å². The van der Waals surface area contributed by atoms with Crippen LogP contribution < -0.4 is 0 Å². The SMILES string of the molecule is CC(c1ccc(-c2ccc3c(c2)C(C)(C)c2ccccc2-3)cc1)c1ccc(-c2cccc3c2oc2ccccc23)cc1. The summed E-state index contributed by atoms with van der Waals surface area (Å²) in [4.78, 5) is 0. The number of fused-ring (bicyclic) bond motifs is 6. The average Bonchev–Trinajstić information content (AvgIpc) is 3.53. The van der Waals surface area contributed by atoms with Crippen LogP contribution in [0.2, 0.25) is 0 Å². The molecule has 1 nitrogen and oxygen atoms in total. The first kappa shape index (κ1) is 24.9. The van der Waals surface area contributed by atoms with Crippen LogP contribution in [0.4, 0.5) is 0 Å². The molecule has 0 fully saturated rings. The van der Waals surface area contributed by atoms with Crippen LogP contribution in [-0.2, 0) is 5.41 Å². The lowest BCUT2D eigenvalue weighted by molar-refractivity contribution is 0.660. The Labute approximate surface area is 247 Å². The van der Waals surface area contributed by atoms with Gasteiger partial charge in [-0.2, -0.15) is 0 Å². The third kappa shape index (κ3) is 3.77. The first-order valence-corrected chi connectivity index (χ1v) is 14.8. The average molecular weight is 541 g/mol. The third-order valence-corrected chi connectivity index (χ3v) is 9.45. The van der Waals surface area contributed by atoms with Gasteiger partial charge in [0.05, 0.1) is 0 Å². The predicted octanol–water partition coefficient (Wildman–Crippen LogP) is 11.4. The maximum atomic E-state index is 6.28. The largest absolute Gasteiger partial charge is 0.455 e. The van der Waals surface area contributed by atoms with Crippen molar-refractivity contribution in [1.82, 2.24) is 0 Å². The van der Waals surface area contributed by atoms with Gasteiger partial charge in [0.1, 0.15) is 11.2 Å². The Morgan fingerprint density at radius 2 is 1.10 bits per heavy atom. The second kappa shape index (κ2) is 9.33. The van der Waals surface area contributed by atoms with E-state index in [4.69, 9.17) is 4.42 Å². The molecule has 0 saturated carbocycles. The first-order valence-electron chi connectivity index (χ1n) is 14.8. The highest BCUT2D eigenvalue weighted by atomic mass is 16.3. The molecule has 1 heteroatoms. The molecule has 42 heavy (non-hydrogen) atoms. The van der Waals surface area contributed by atoms with Crippen molar-refractivity contribution in [2.75, 3.05) is 0 Å². The van der Waals surface area contributed by atoms with Crippen LogP contribution in [0.15, 0.2) is 138 Å². The van der Waals surface area contributed by atoms with Crippen molar-refractivity contribution in [2.24, 2.45) is 0 Å². The van der Waals surface area contributed by atoms with Gasteiger partial charge in [0.25, 0.3) is 0 Å². The van der Waals surface area contributed by atoms with Crippen molar-refractivity contribution in [3.05, 3.63) is 156 Å². The summed E-state index contributed by atoms with van der Waals surface area (Å²) in [5.74, 6) is 0.295. The standard InChI is InChI=1S/C41H32O/c1-26(28-17-21-30(22-18-28)32-11-8-12-36-35-10-5-7-14-39(35)42-40(32)36)27-15-19-29(20-16-27)31-23-24-34-33-9-4-6-13-37(33)41(2,3)38(34)25-31/h4-26H,1-3H3. The zero-order valence-electron chi connectivity index (χ0n) is 24.2. The van der Waals surface area contributed by atoms with E-state index in [1.807, 2.05) is 12.1 Å². The summed E-state index contributed by atoms with van der Waals surface area (Å²) in [7, 11) is 0. The summed E-state index contributed by atoms with van der Waals surface area (Å²) in [6, 6.07) is 48.6. The molecule has 0 radical (unpaired) electrons. The van der Waals surface area contributed by atoms with Gasteiger partial charge in [-0.25, -0.2) is 0 Å². The highest BCUT2D eigenvalue weighted by Gasteiger charge is 2.35. The summed E-state index contributed by atoms with van der Waals surface area (Å²) in [6.45, 7) is 6.97. The van der Waals surface area contributed by atoms with Gasteiger partial charge in [0, 0.05) is 27.7 Å². The number of benzene rings is 6. The normalized spacial score (nSPS) is 14.2. The maximum absolute atomic E-state index is 6.28. The Morgan fingerprint density at radius 3 is 1.88 bits per heavy atom. The minimum Gasteiger partial charge on any atom is -0.455 e. The highest BCUT2D eigenvalue weighted by Crippen LogP contribution is 2.49. The molecule has 202 valence electrons. The van der Waals surface area contributed by atoms with Gasteiger partial charge >= 0.3 is 0 Å². The van der Waals surface area contributed by atoms with Crippen LogP contribution >= 0.6 is 0 Å². The van der Waals surface area contributed by atoms with E-state index in [1.54, 1.807) is 0 Å². The summed E-state index contributed by atoms with van der Waals surface area (Å²) in [5.41, 5.74) is 14.9. The second-order valence-corrected chi connectivity index (χ2v) is 12.2. The second-order valence-electron chi connectivity index (χ2n) is 12.2. The zero-order chi connectivity index (χ0) is 28.4. The fourth-order valence-corrected chi connectivity index (χ4v) is 6.97. The van der Waals surface area contributed by atoms with Crippen molar-refractivity contribution in [3.8, 4) is 33.4 Å². The topological polar surface area (TPSA) is 13.1 Å². The number of hydrogen-bond acceptors (Lipinski definition) is 1. The zero-order valence-corrected chi connectivity index (χ0v) is 24.2. The molecule has 0 saturated heterocycles. The van der Waals surface area contributed by atoms with Crippen LogP contribution in [0.25, 0.3) is 55.3 Å².